The predicted octanol–water partition coefficient (Wildman–Crippen LogP) is 3.34. The van der Waals surface area contributed by atoms with Crippen LogP contribution in [-0.2, 0) is 0 Å². The van der Waals surface area contributed by atoms with Crippen molar-refractivity contribution in [1.29, 1.82) is 0 Å². The zero-order valence-corrected chi connectivity index (χ0v) is 12.3. The Kier molecular flexibility index (Phi) is 5.08. The summed E-state index contributed by atoms with van der Waals surface area (Å²) in [4.78, 5) is 0. The van der Waals surface area contributed by atoms with Crippen molar-refractivity contribution in [3.05, 3.63) is 0 Å². The molecule has 0 aliphatic heterocycles. The number of rotatable bonds is 5. The van der Waals surface area contributed by atoms with Gasteiger partial charge in [0.2, 0.25) is 0 Å². The lowest BCUT2D eigenvalue weighted by Crippen LogP contribution is -2.44. The zero-order valence-electron chi connectivity index (χ0n) is 12.3. The van der Waals surface area contributed by atoms with Gasteiger partial charge in [0.1, 0.15) is 0 Å². The van der Waals surface area contributed by atoms with Gasteiger partial charge in [-0.1, -0.05) is 39.5 Å². The topological polar surface area (TPSA) is 32.3 Å². The summed E-state index contributed by atoms with van der Waals surface area (Å²) in [5.74, 6) is 1.73. The van der Waals surface area contributed by atoms with Crippen molar-refractivity contribution >= 4 is 0 Å². The molecule has 0 amide bonds. The van der Waals surface area contributed by atoms with E-state index in [0.29, 0.717) is 12.6 Å². The van der Waals surface area contributed by atoms with E-state index in [1.807, 2.05) is 0 Å². The summed E-state index contributed by atoms with van der Waals surface area (Å²) < 4.78 is 0. The molecule has 0 bridgehead atoms. The lowest BCUT2D eigenvalue weighted by molar-refractivity contribution is 0.0764. The minimum Gasteiger partial charge on any atom is -0.396 e. The molecule has 2 saturated carbocycles. The highest BCUT2D eigenvalue weighted by Crippen LogP contribution is 2.37. The Morgan fingerprint density at radius 2 is 1.89 bits per heavy atom. The first-order chi connectivity index (χ1) is 8.71. The van der Waals surface area contributed by atoms with Gasteiger partial charge in [-0.05, 0) is 37.5 Å². The molecule has 2 aliphatic carbocycles. The molecule has 0 spiro atoms. The van der Waals surface area contributed by atoms with Gasteiger partial charge >= 0.3 is 0 Å². The van der Waals surface area contributed by atoms with E-state index in [1.54, 1.807) is 0 Å². The quantitative estimate of drug-likeness (QED) is 0.787. The third-order valence-corrected chi connectivity index (χ3v) is 5.74. The monoisotopic (exact) mass is 253 g/mol. The Morgan fingerprint density at radius 3 is 2.44 bits per heavy atom. The molecule has 2 N–H and O–H groups in total. The first-order valence-corrected chi connectivity index (χ1v) is 8.05. The van der Waals surface area contributed by atoms with Crippen LogP contribution in [-0.4, -0.2) is 24.3 Å². The third-order valence-electron chi connectivity index (χ3n) is 5.74. The van der Waals surface area contributed by atoms with Gasteiger partial charge in [0.25, 0.3) is 0 Å². The van der Waals surface area contributed by atoms with Crippen LogP contribution in [0.4, 0.5) is 0 Å². The first-order valence-electron chi connectivity index (χ1n) is 8.05. The molecule has 0 aromatic heterocycles. The SMILES string of the molecule is CCC1CCC(NCC2(CO)CCCCC2)C1C. The summed E-state index contributed by atoms with van der Waals surface area (Å²) in [6, 6.07) is 0.695. The summed E-state index contributed by atoms with van der Waals surface area (Å²) in [7, 11) is 0. The Hall–Kier alpha value is -0.0800. The molecular weight excluding hydrogens is 222 g/mol. The lowest BCUT2D eigenvalue weighted by Gasteiger charge is -2.37. The Labute approximate surface area is 113 Å². The highest BCUT2D eigenvalue weighted by Gasteiger charge is 2.35. The smallest absolute Gasteiger partial charge is 0.0499 e. The molecular formula is C16H31NO. The van der Waals surface area contributed by atoms with Crippen molar-refractivity contribution < 1.29 is 5.11 Å². The summed E-state index contributed by atoms with van der Waals surface area (Å²) in [5.41, 5.74) is 0.197. The molecule has 2 heteroatoms. The normalized spacial score (nSPS) is 35.8. The Balaban J connectivity index is 1.83. The van der Waals surface area contributed by atoms with Crippen LogP contribution in [0.3, 0.4) is 0 Å². The van der Waals surface area contributed by atoms with Crippen LogP contribution in [0.1, 0.15) is 65.2 Å². The minimum atomic E-state index is 0.197. The average Bonchev–Trinajstić information content (AvgIpc) is 2.78. The van der Waals surface area contributed by atoms with Crippen LogP contribution in [0.5, 0.6) is 0 Å². The number of aliphatic hydroxyl groups is 1. The number of nitrogens with one attached hydrogen (secondary N) is 1. The summed E-state index contributed by atoms with van der Waals surface area (Å²) in [6.45, 7) is 6.14. The van der Waals surface area contributed by atoms with Crippen LogP contribution < -0.4 is 5.32 Å². The van der Waals surface area contributed by atoms with Gasteiger partial charge in [-0.3, -0.25) is 0 Å². The Morgan fingerprint density at radius 1 is 1.17 bits per heavy atom. The molecule has 18 heavy (non-hydrogen) atoms. The van der Waals surface area contributed by atoms with E-state index in [9.17, 15) is 5.11 Å². The second kappa shape index (κ2) is 6.38. The Bertz CT molecular complexity index is 247. The maximum absolute atomic E-state index is 9.74. The fourth-order valence-electron chi connectivity index (χ4n) is 4.15. The van der Waals surface area contributed by atoms with E-state index in [1.165, 1.54) is 51.4 Å². The van der Waals surface area contributed by atoms with E-state index in [2.05, 4.69) is 19.2 Å². The average molecular weight is 253 g/mol. The van der Waals surface area contributed by atoms with E-state index in [0.717, 1.165) is 18.4 Å². The van der Waals surface area contributed by atoms with Crippen LogP contribution in [0.15, 0.2) is 0 Å². The van der Waals surface area contributed by atoms with Gasteiger partial charge in [-0.2, -0.15) is 0 Å². The van der Waals surface area contributed by atoms with Crippen LogP contribution in [0.25, 0.3) is 0 Å². The van der Waals surface area contributed by atoms with Crippen LogP contribution in [0, 0.1) is 17.3 Å². The summed E-state index contributed by atoms with van der Waals surface area (Å²) in [6.07, 6.45) is 10.5. The van der Waals surface area contributed by atoms with E-state index >= 15 is 0 Å². The van der Waals surface area contributed by atoms with Gasteiger partial charge < -0.3 is 10.4 Å². The molecule has 106 valence electrons. The fourth-order valence-corrected chi connectivity index (χ4v) is 4.15. The second-order valence-corrected chi connectivity index (χ2v) is 6.81. The zero-order chi connectivity index (χ0) is 13.0. The molecule has 2 rings (SSSR count). The molecule has 3 unspecified atom stereocenters. The maximum atomic E-state index is 9.74. The molecule has 0 aromatic carbocycles. The number of hydrogen-bond acceptors (Lipinski definition) is 2. The van der Waals surface area contributed by atoms with Gasteiger partial charge in [0.15, 0.2) is 0 Å². The molecule has 0 saturated heterocycles. The maximum Gasteiger partial charge on any atom is 0.0499 e. The third kappa shape index (κ3) is 3.08. The van der Waals surface area contributed by atoms with Gasteiger partial charge in [0, 0.05) is 24.6 Å². The van der Waals surface area contributed by atoms with E-state index < -0.39 is 0 Å². The second-order valence-electron chi connectivity index (χ2n) is 6.81. The lowest BCUT2D eigenvalue weighted by atomic mass is 9.74. The molecule has 2 aliphatic rings. The van der Waals surface area contributed by atoms with Crippen molar-refractivity contribution in [2.24, 2.45) is 17.3 Å². The predicted molar refractivity (Wildman–Crippen MR) is 76.6 cm³/mol. The highest BCUT2D eigenvalue weighted by molar-refractivity contribution is 4.90. The summed E-state index contributed by atoms with van der Waals surface area (Å²) >= 11 is 0. The van der Waals surface area contributed by atoms with E-state index in [4.69, 9.17) is 0 Å². The van der Waals surface area contributed by atoms with Crippen molar-refractivity contribution in [1.82, 2.24) is 5.32 Å². The van der Waals surface area contributed by atoms with Crippen molar-refractivity contribution in [3.8, 4) is 0 Å². The molecule has 0 heterocycles. The van der Waals surface area contributed by atoms with Gasteiger partial charge in [0.05, 0.1) is 0 Å². The largest absolute Gasteiger partial charge is 0.396 e. The minimum absolute atomic E-state index is 0.197. The van der Waals surface area contributed by atoms with Crippen molar-refractivity contribution in [2.45, 2.75) is 71.3 Å². The van der Waals surface area contributed by atoms with E-state index in [-0.39, 0.29) is 5.41 Å². The van der Waals surface area contributed by atoms with Crippen LogP contribution in [0.2, 0.25) is 0 Å². The highest BCUT2D eigenvalue weighted by atomic mass is 16.3. The van der Waals surface area contributed by atoms with Gasteiger partial charge in [-0.25, -0.2) is 0 Å². The van der Waals surface area contributed by atoms with Crippen molar-refractivity contribution in [2.75, 3.05) is 13.2 Å². The first kappa shape index (κ1) is 14.3. The molecule has 0 radical (unpaired) electrons. The van der Waals surface area contributed by atoms with Gasteiger partial charge in [-0.15, -0.1) is 0 Å². The molecule has 2 nitrogen and oxygen atoms in total. The molecule has 2 fully saturated rings. The fraction of sp³-hybridized carbons (Fsp3) is 1.00. The molecule has 3 atom stereocenters. The van der Waals surface area contributed by atoms with Crippen LogP contribution >= 0.6 is 0 Å². The number of hydrogen-bond donors (Lipinski definition) is 2. The summed E-state index contributed by atoms with van der Waals surface area (Å²) in [5, 5.41) is 13.5. The number of aliphatic hydroxyl groups excluding tert-OH is 1. The standard InChI is InChI=1S/C16H31NO/c1-3-14-7-8-15(13(14)2)17-11-16(12-18)9-5-4-6-10-16/h13-15,17-18H,3-12H2,1-2H3. The molecule has 0 aromatic rings. The van der Waals surface area contributed by atoms with Crippen molar-refractivity contribution in [3.63, 3.8) is 0 Å².